The minimum Gasteiger partial charge on any atom is -0.337 e. The number of nitrogens with zero attached hydrogens (tertiary/aromatic N) is 5. The van der Waals surface area contributed by atoms with Gasteiger partial charge in [-0.05, 0) is 31.0 Å². The molecule has 4 heterocycles. The van der Waals surface area contributed by atoms with Gasteiger partial charge in [0.15, 0.2) is 0 Å². The van der Waals surface area contributed by atoms with Crippen molar-refractivity contribution in [2.45, 2.75) is 18.8 Å². The van der Waals surface area contributed by atoms with Gasteiger partial charge in [0.25, 0.3) is 11.6 Å². The molecule has 1 aliphatic rings. The molecule has 0 N–H and O–H groups in total. The molecule has 0 unspecified atom stereocenters. The number of hydrogen-bond acceptors (Lipinski definition) is 8. The number of likely N-dealkylation sites (tertiary alicyclic amines) is 1. The first-order valence-electron chi connectivity index (χ1n) is 10.4. The number of nitro benzene ring substituents is 1. The van der Waals surface area contributed by atoms with E-state index < -0.39 is 0 Å². The third-order valence-electron chi connectivity index (χ3n) is 5.68. The van der Waals surface area contributed by atoms with Crippen LogP contribution >= 0.6 is 22.7 Å². The largest absolute Gasteiger partial charge is 0.337 e. The van der Waals surface area contributed by atoms with Crippen LogP contribution < -0.4 is 0 Å². The molecule has 0 bridgehead atoms. The lowest BCUT2D eigenvalue weighted by Crippen LogP contribution is -2.38. The summed E-state index contributed by atoms with van der Waals surface area (Å²) in [6.07, 6.45) is 5.03. The van der Waals surface area contributed by atoms with Gasteiger partial charge < -0.3 is 4.90 Å². The minimum atomic E-state index is -0.378. The van der Waals surface area contributed by atoms with Crippen LogP contribution in [0, 0.1) is 10.1 Å². The highest BCUT2D eigenvalue weighted by molar-refractivity contribution is 7.13. The lowest BCUT2D eigenvalue weighted by atomic mass is 9.97. The molecule has 33 heavy (non-hydrogen) atoms. The Hall–Kier alpha value is -3.50. The van der Waals surface area contributed by atoms with Crippen LogP contribution in [0.25, 0.3) is 21.8 Å². The second-order valence-electron chi connectivity index (χ2n) is 7.69. The number of para-hydroxylation sites is 1. The van der Waals surface area contributed by atoms with Crippen LogP contribution in [0.2, 0.25) is 0 Å². The van der Waals surface area contributed by atoms with Gasteiger partial charge in [0.2, 0.25) is 0 Å². The maximum absolute atomic E-state index is 13.0. The molecule has 5 rings (SSSR count). The molecule has 3 aromatic heterocycles. The van der Waals surface area contributed by atoms with Gasteiger partial charge in [0.05, 0.1) is 21.2 Å². The number of rotatable bonds is 5. The lowest BCUT2D eigenvalue weighted by Gasteiger charge is -2.30. The second kappa shape index (κ2) is 9.16. The first kappa shape index (κ1) is 21.4. The Morgan fingerprint density at radius 1 is 1.03 bits per heavy atom. The van der Waals surface area contributed by atoms with Crippen molar-refractivity contribution < 1.29 is 9.72 Å². The van der Waals surface area contributed by atoms with Crippen molar-refractivity contribution >= 4 is 34.3 Å². The van der Waals surface area contributed by atoms with Gasteiger partial charge in [0, 0.05) is 53.8 Å². The Morgan fingerprint density at radius 3 is 2.55 bits per heavy atom. The maximum Gasteiger partial charge on any atom is 0.278 e. The Bertz CT molecular complexity index is 1300. The Labute approximate surface area is 197 Å². The van der Waals surface area contributed by atoms with Gasteiger partial charge in [0.1, 0.15) is 10.7 Å². The molecule has 0 saturated carbocycles. The van der Waals surface area contributed by atoms with E-state index in [0.29, 0.717) is 30.0 Å². The molecule has 1 amide bonds. The van der Waals surface area contributed by atoms with Crippen LogP contribution in [0.15, 0.2) is 59.6 Å². The van der Waals surface area contributed by atoms with E-state index in [9.17, 15) is 14.9 Å². The summed E-state index contributed by atoms with van der Waals surface area (Å²) in [5, 5.41) is 16.8. The first-order valence-corrected chi connectivity index (χ1v) is 12.2. The first-order chi connectivity index (χ1) is 16.1. The van der Waals surface area contributed by atoms with Crippen LogP contribution in [-0.4, -0.2) is 43.8 Å². The Balaban J connectivity index is 1.25. The van der Waals surface area contributed by atoms with Crippen molar-refractivity contribution in [3.63, 3.8) is 0 Å². The molecule has 0 radical (unpaired) electrons. The summed E-state index contributed by atoms with van der Waals surface area (Å²) in [7, 11) is 0. The molecule has 0 aliphatic carbocycles. The summed E-state index contributed by atoms with van der Waals surface area (Å²) >= 11 is 2.98. The summed E-state index contributed by atoms with van der Waals surface area (Å²) in [6, 6.07) is 10.4. The quantitative estimate of drug-likeness (QED) is 0.287. The number of piperidine rings is 1. The van der Waals surface area contributed by atoms with E-state index in [1.807, 2.05) is 27.8 Å². The molecule has 1 fully saturated rings. The molecule has 10 heteroatoms. The molecule has 166 valence electrons. The van der Waals surface area contributed by atoms with Gasteiger partial charge in [-0.3, -0.25) is 19.9 Å². The number of thiazole rings is 2. The Morgan fingerprint density at radius 2 is 1.79 bits per heavy atom. The fourth-order valence-electron chi connectivity index (χ4n) is 3.94. The number of carbonyl (C=O) groups is 1. The van der Waals surface area contributed by atoms with Gasteiger partial charge >= 0.3 is 0 Å². The summed E-state index contributed by atoms with van der Waals surface area (Å²) in [5.41, 5.74) is 2.64. The fraction of sp³-hybridized carbons (Fsp3) is 0.217. The van der Waals surface area contributed by atoms with E-state index in [1.165, 1.54) is 28.7 Å². The molecule has 1 aromatic carbocycles. The van der Waals surface area contributed by atoms with Crippen LogP contribution in [0.4, 0.5) is 5.69 Å². The normalized spacial score (nSPS) is 14.4. The molecule has 0 atom stereocenters. The third kappa shape index (κ3) is 4.39. The topological polar surface area (TPSA) is 102 Å². The van der Waals surface area contributed by atoms with E-state index in [2.05, 4.69) is 9.97 Å². The lowest BCUT2D eigenvalue weighted by molar-refractivity contribution is -0.384. The summed E-state index contributed by atoms with van der Waals surface area (Å²) in [6.45, 7) is 1.26. The molecule has 4 aromatic rings. The van der Waals surface area contributed by atoms with E-state index in [0.717, 1.165) is 28.4 Å². The zero-order chi connectivity index (χ0) is 22.8. The summed E-state index contributed by atoms with van der Waals surface area (Å²) in [4.78, 5) is 39.0. The van der Waals surface area contributed by atoms with Crippen molar-refractivity contribution in [1.29, 1.82) is 0 Å². The van der Waals surface area contributed by atoms with E-state index >= 15 is 0 Å². The smallest absolute Gasteiger partial charge is 0.278 e. The van der Waals surface area contributed by atoms with E-state index in [1.54, 1.807) is 30.6 Å². The van der Waals surface area contributed by atoms with Crippen molar-refractivity contribution in [2.24, 2.45) is 0 Å². The molecule has 1 aliphatic heterocycles. The molecular formula is C23H19N5O3S2. The molecule has 8 nitrogen and oxygen atoms in total. The third-order valence-corrected chi connectivity index (χ3v) is 7.58. The minimum absolute atomic E-state index is 0.0512. The predicted molar refractivity (Wildman–Crippen MR) is 127 cm³/mol. The average Bonchev–Trinajstić information content (AvgIpc) is 3.55. The van der Waals surface area contributed by atoms with Crippen LogP contribution in [0.1, 0.15) is 34.3 Å². The standard InChI is InChI=1S/C23H19N5O3S2/c29-23(19-14-33-21(26-19)15-5-9-24-10-6-15)27-11-7-16(8-12-27)22-25-18(13-32-22)17-3-1-2-4-20(17)28(30)31/h1-6,9-10,13-14,16H,7-8,11-12H2. The number of aromatic nitrogens is 3. The number of hydrogen-bond donors (Lipinski definition) is 0. The van der Waals surface area contributed by atoms with Gasteiger partial charge in [-0.15, -0.1) is 22.7 Å². The zero-order valence-corrected chi connectivity index (χ0v) is 19.1. The monoisotopic (exact) mass is 477 g/mol. The molecule has 0 spiro atoms. The van der Waals surface area contributed by atoms with Crippen LogP contribution in [0.5, 0.6) is 0 Å². The van der Waals surface area contributed by atoms with E-state index in [-0.39, 0.29) is 22.4 Å². The summed E-state index contributed by atoms with van der Waals surface area (Å²) < 4.78 is 0. The SMILES string of the molecule is O=C(c1csc(-c2ccncc2)n1)N1CCC(c2nc(-c3ccccc3[N+](=O)[O-])cs2)CC1. The number of pyridine rings is 1. The fourth-order valence-corrected chi connectivity index (χ4v) is 5.73. The van der Waals surface area contributed by atoms with Crippen molar-refractivity contribution in [2.75, 3.05) is 13.1 Å². The number of benzene rings is 1. The highest BCUT2D eigenvalue weighted by atomic mass is 32.1. The van der Waals surface area contributed by atoms with Gasteiger partial charge in [-0.2, -0.15) is 0 Å². The highest BCUT2D eigenvalue weighted by Gasteiger charge is 2.28. The predicted octanol–water partition coefficient (Wildman–Crippen LogP) is 5.26. The zero-order valence-electron chi connectivity index (χ0n) is 17.5. The maximum atomic E-state index is 13.0. The van der Waals surface area contributed by atoms with Gasteiger partial charge in [-0.25, -0.2) is 9.97 Å². The molecular weight excluding hydrogens is 458 g/mol. The van der Waals surface area contributed by atoms with E-state index in [4.69, 9.17) is 4.98 Å². The average molecular weight is 478 g/mol. The number of nitro groups is 1. The van der Waals surface area contributed by atoms with Crippen LogP contribution in [0.3, 0.4) is 0 Å². The highest BCUT2D eigenvalue weighted by Crippen LogP contribution is 2.36. The number of carbonyl (C=O) groups excluding carboxylic acids is 1. The summed E-state index contributed by atoms with van der Waals surface area (Å²) in [5.74, 6) is 0.183. The van der Waals surface area contributed by atoms with Gasteiger partial charge in [-0.1, -0.05) is 12.1 Å². The number of amides is 1. The Kier molecular flexibility index (Phi) is 5.93. The van der Waals surface area contributed by atoms with Crippen LogP contribution in [-0.2, 0) is 0 Å². The second-order valence-corrected chi connectivity index (χ2v) is 9.43. The van der Waals surface area contributed by atoms with Crippen molar-refractivity contribution in [3.05, 3.63) is 80.4 Å². The van der Waals surface area contributed by atoms with Crippen molar-refractivity contribution in [3.8, 4) is 21.8 Å². The van der Waals surface area contributed by atoms with Crippen molar-refractivity contribution in [1.82, 2.24) is 19.9 Å². The molecule has 1 saturated heterocycles.